The molecule has 0 aliphatic carbocycles. The van der Waals surface area contributed by atoms with Gasteiger partial charge in [0.1, 0.15) is 0 Å². The molecule has 0 spiro atoms. The topological polar surface area (TPSA) is 29.1 Å². The van der Waals surface area contributed by atoms with Gasteiger partial charge in [0.05, 0.1) is 0 Å². The molecule has 0 bridgehead atoms. The first-order valence-corrected chi connectivity index (χ1v) is 8.09. The number of anilines is 1. The van der Waals surface area contributed by atoms with Gasteiger partial charge in [-0.2, -0.15) is 0 Å². The number of hydrogen-bond donors (Lipinski definition) is 1. The zero-order chi connectivity index (χ0) is 17.1. The van der Waals surface area contributed by atoms with Crippen LogP contribution in [0, 0.1) is 20.8 Å². The molecule has 3 rings (SSSR count). The zero-order valence-electron chi connectivity index (χ0n) is 14.3. The Morgan fingerprint density at radius 2 is 1.29 bits per heavy atom. The van der Waals surface area contributed by atoms with Crippen LogP contribution >= 0.6 is 0 Å². The Morgan fingerprint density at radius 1 is 0.750 bits per heavy atom. The summed E-state index contributed by atoms with van der Waals surface area (Å²) in [6, 6.07) is 22.0. The van der Waals surface area contributed by atoms with Crippen LogP contribution in [0.15, 0.2) is 66.7 Å². The van der Waals surface area contributed by atoms with E-state index in [-0.39, 0.29) is 5.91 Å². The summed E-state index contributed by atoms with van der Waals surface area (Å²) in [5.41, 5.74) is 7.19. The molecule has 0 radical (unpaired) electrons. The van der Waals surface area contributed by atoms with Crippen molar-refractivity contribution in [2.24, 2.45) is 0 Å². The summed E-state index contributed by atoms with van der Waals surface area (Å²) < 4.78 is 0. The highest BCUT2D eigenvalue weighted by molar-refractivity contribution is 6.05. The highest BCUT2D eigenvalue weighted by Crippen LogP contribution is 2.23. The van der Waals surface area contributed by atoms with Gasteiger partial charge in [0.25, 0.3) is 5.91 Å². The predicted octanol–water partition coefficient (Wildman–Crippen LogP) is 5.53. The molecule has 3 aromatic rings. The maximum Gasteiger partial charge on any atom is 0.255 e. The highest BCUT2D eigenvalue weighted by Gasteiger charge is 2.10. The molecular weight excluding hydrogens is 294 g/mol. The normalized spacial score (nSPS) is 10.5. The third-order valence-electron chi connectivity index (χ3n) is 4.17. The first kappa shape index (κ1) is 16.0. The van der Waals surface area contributed by atoms with E-state index < -0.39 is 0 Å². The van der Waals surface area contributed by atoms with Gasteiger partial charge in [-0.05, 0) is 55.2 Å². The number of carbonyl (C=O) groups is 1. The Kier molecular flexibility index (Phi) is 4.48. The van der Waals surface area contributed by atoms with E-state index in [0.29, 0.717) is 5.56 Å². The first-order valence-electron chi connectivity index (χ1n) is 8.09. The molecule has 0 aromatic heterocycles. The third-order valence-corrected chi connectivity index (χ3v) is 4.17. The molecule has 2 heteroatoms. The van der Waals surface area contributed by atoms with E-state index in [2.05, 4.69) is 36.5 Å². The number of amides is 1. The van der Waals surface area contributed by atoms with Crippen LogP contribution in [0.4, 0.5) is 5.69 Å². The molecule has 1 amide bonds. The molecule has 120 valence electrons. The van der Waals surface area contributed by atoms with Crippen molar-refractivity contribution in [3.8, 4) is 11.1 Å². The maximum atomic E-state index is 12.5. The van der Waals surface area contributed by atoms with Crippen molar-refractivity contribution in [3.05, 3.63) is 89.0 Å². The van der Waals surface area contributed by atoms with Gasteiger partial charge in [-0.25, -0.2) is 0 Å². The minimum absolute atomic E-state index is 0.0790. The Morgan fingerprint density at radius 3 is 1.88 bits per heavy atom. The SMILES string of the molecule is Cc1cc(C)c(NC(=O)c2ccc(-c3ccccc3)cc2)c(C)c1. The van der Waals surface area contributed by atoms with Crippen molar-refractivity contribution in [1.82, 2.24) is 0 Å². The quantitative estimate of drug-likeness (QED) is 0.676. The van der Waals surface area contributed by atoms with Crippen LogP contribution in [0.1, 0.15) is 27.0 Å². The molecular formula is C22H21NO. The standard InChI is InChI=1S/C22H21NO/c1-15-13-16(2)21(17(3)14-15)23-22(24)20-11-9-19(10-12-20)18-7-5-4-6-8-18/h4-14H,1-3H3,(H,23,24). The van der Waals surface area contributed by atoms with Crippen molar-refractivity contribution < 1.29 is 4.79 Å². The van der Waals surface area contributed by atoms with Crippen molar-refractivity contribution in [1.29, 1.82) is 0 Å². The van der Waals surface area contributed by atoms with Crippen LogP contribution in [0.25, 0.3) is 11.1 Å². The van der Waals surface area contributed by atoms with E-state index in [0.717, 1.165) is 27.9 Å². The fraction of sp³-hybridized carbons (Fsp3) is 0.136. The molecule has 2 nitrogen and oxygen atoms in total. The van der Waals surface area contributed by atoms with Crippen LogP contribution in [0.3, 0.4) is 0 Å². The molecule has 3 aromatic carbocycles. The van der Waals surface area contributed by atoms with Gasteiger partial charge in [0.15, 0.2) is 0 Å². The van der Waals surface area contributed by atoms with Crippen LogP contribution in [0.5, 0.6) is 0 Å². The van der Waals surface area contributed by atoms with E-state index in [1.807, 2.05) is 56.3 Å². The van der Waals surface area contributed by atoms with Crippen molar-refractivity contribution in [2.45, 2.75) is 20.8 Å². The average Bonchev–Trinajstić information content (AvgIpc) is 2.59. The molecule has 0 atom stereocenters. The molecule has 0 aliphatic rings. The summed E-state index contributed by atoms with van der Waals surface area (Å²) in [5, 5.41) is 3.04. The molecule has 1 N–H and O–H groups in total. The van der Waals surface area contributed by atoms with Gasteiger partial charge in [-0.15, -0.1) is 0 Å². The smallest absolute Gasteiger partial charge is 0.255 e. The molecule has 0 saturated heterocycles. The molecule has 0 unspecified atom stereocenters. The summed E-state index contributed by atoms with van der Waals surface area (Å²) in [4.78, 5) is 12.5. The number of carbonyl (C=O) groups excluding carboxylic acids is 1. The summed E-state index contributed by atoms with van der Waals surface area (Å²) in [6.45, 7) is 6.11. The van der Waals surface area contributed by atoms with Crippen LogP contribution in [-0.4, -0.2) is 5.91 Å². The minimum atomic E-state index is -0.0790. The van der Waals surface area contributed by atoms with Gasteiger partial charge >= 0.3 is 0 Å². The van der Waals surface area contributed by atoms with E-state index in [1.54, 1.807) is 0 Å². The van der Waals surface area contributed by atoms with Crippen LogP contribution in [0.2, 0.25) is 0 Å². The summed E-state index contributed by atoms with van der Waals surface area (Å²) >= 11 is 0. The van der Waals surface area contributed by atoms with E-state index in [4.69, 9.17) is 0 Å². The lowest BCUT2D eigenvalue weighted by atomic mass is 10.0. The number of rotatable bonds is 3. The van der Waals surface area contributed by atoms with Crippen molar-refractivity contribution in [2.75, 3.05) is 5.32 Å². The zero-order valence-corrected chi connectivity index (χ0v) is 14.3. The van der Waals surface area contributed by atoms with Gasteiger partial charge in [0, 0.05) is 11.3 Å². The van der Waals surface area contributed by atoms with Crippen LogP contribution in [-0.2, 0) is 0 Å². The summed E-state index contributed by atoms with van der Waals surface area (Å²) in [5.74, 6) is -0.0790. The van der Waals surface area contributed by atoms with Gasteiger partial charge in [0.2, 0.25) is 0 Å². The fourth-order valence-corrected chi connectivity index (χ4v) is 3.01. The molecule has 0 heterocycles. The second-order valence-corrected chi connectivity index (χ2v) is 6.17. The predicted molar refractivity (Wildman–Crippen MR) is 100 cm³/mol. The second kappa shape index (κ2) is 6.71. The van der Waals surface area contributed by atoms with E-state index >= 15 is 0 Å². The van der Waals surface area contributed by atoms with E-state index in [1.165, 1.54) is 5.56 Å². The Labute approximate surface area is 143 Å². The number of hydrogen-bond acceptors (Lipinski definition) is 1. The summed E-state index contributed by atoms with van der Waals surface area (Å²) in [6.07, 6.45) is 0. The van der Waals surface area contributed by atoms with Crippen molar-refractivity contribution in [3.63, 3.8) is 0 Å². The molecule has 0 saturated carbocycles. The third kappa shape index (κ3) is 3.38. The average molecular weight is 315 g/mol. The molecule has 24 heavy (non-hydrogen) atoms. The number of benzene rings is 3. The van der Waals surface area contributed by atoms with E-state index in [9.17, 15) is 4.79 Å². The number of nitrogens with one attached hydrogen (secondary N) is 1. The first-order chi connectivity index (χ1) is 11.5. The lowest BCUT2D eigenvalue weighted by Gasteiger charge is -2.13. The monoisotopic (exact) mass is 315 g/mol. The minimum Gasteiger partial charge on any atom is -0.322 e. The number of aryl methyl sites for hydroxylation is 3. The fourth-order valence-electron chi connectivity index (χ4n) is 3.01. The second-order valence-electron chi connectivity index (χ2n) is 6.17. The lowest BCUT2D eigenvalue weighted by molar-refractivity contribution is 0.102. The van der Waals surface area contributed by atoms with Crippen LogP contribution < -0.4 is 5.32 Å². The molecule has 0 fully saturated rings. The maximum absolute atomic E-state index is 12.5. The highest BCUT2D eigenvalue weighted by atomic mass is 16.1. The van der Waals surface area contributed by atoms with Gasteiger partial charge < -0.3 is 5.32 Å². The largest absolute Gasteiger partial charge is 0.322 e. The lowest BCUT2D eigenvalue weighted by Crippen LogP contribution is -2.13. The Hall–Kier alpha value is -2.87. The van der Waals surface area contributed by atoms with Gasteiger partial charge in [-0.3, -0.25) is 4.79 Å². The van der Waals surface area contributed by atoms with Crippen molar-refractivity contribution >= 4 is 11.6 Å². The molecule has 0 aliphatic heterocycles. The Balaban J connectivity index is 1.81. The summed E-state index contributed by atoms with van der Waals surface area (Å²) in [7, 11) is 0. The van der Waals surface area contributed by atoms with Gasteiger partial charge in [-0.1, -0.05) is 60.2 Å². The Bertz CT molecular complexity index is 841.